The van der Waals surface area contributed by atoms with Gasteiger partial charge in [-0.25, -0.2) is 0 Å². The summed E-state index contributed by atoms with van der Waals surface area (Å²) >= 11 is 3.74. The standard InChI is InChI=1S/C54H33NOS2/c1-3-14-34(15-4-1)38-19-13-28-48-50(38)45-25-12-26-46(51(45)56-48)55(37-32-30-36(31-33-37)40-21-9-22-42-41-18-7-8-29-49(41)57-52(40)42)47-27-11-24-44-43-23-10-20-39(53(43)58-54(44)47)35-16-5-2-6-17-35/h1-33H. The Labute approximate surface area is 343 Å². The highest BCUT2D eigenvalue weighted by molar-refractivity contribution is 7.27. The highest BCUT2D eigenvalue weighted by Crippen LogP contribution is 2.50. The lowest BCUT2D eigenvalue weighted by molar-refractivity contribution is 0.669. The first kappa shape index (κ1) is 33.2. The number of para-hydroxylation sites is 1. The summed E-state index contributed by atoms with van der Waals surface area (Å²) in [5.74, 6) is 0. The highest BCUT2D eigenvalue weighted by atomic mass is 32.1. The third-order valence-corrected chi connectivity index (χ3v) is 14.0. The van der Waals surface area contributed by atoms with Crippen LogP contribution in [0.4, 0.5) is 17.1 Å². The minimum atomic E-state index is 0.864. The fourth-order valence-corrected chi connectivity index (χ4v) is 11.4. The van der Waals surface area contributed by atoms with Gasteiger partial charge < -0.3 is 9.32 Å². The third-order valence-electron chi connectivity index (χ3n) is 11.5. The SMILES string of the molecule is c1ccc(-c2cccc3c2sc2c(N(c4ccc(-c5cccc6c5sc5ccccc56)cc4)c4cccc5c4oc4cccc(-c6ccccc6)c45)cccc23)cc1. The van der Waals surface area contributed by atoms with E-state index in [1.54, 1.807) is 0 Å². The molecule has 2 nitrogen and oxygen atoms in total. The zero-order valence-corrected chi connectivity index (χ0v) is 32.9. The number of furan rings is 1. The van der Waals surface area contributed by atoms with Crippen molar-refractivity contribution >= 4 is 102 Å². The summed E-state index contributed by atoms with van der Waals surface area (Å²) < 4.78 is 12.1. The number of thiophene rings is 2. The first-order valence-electron chi connectivity index (χ1n) is 19.6. The summed E-state index contributed by atoms with van der Waals surface area (Å²) in [5.41, 5.74) is 12.2. The fraction of sp³-hybridized carbons (Fsp3) is 0. The first-order chi connectivity index (χ1) is 28.8. The molecular weight excluding hydrogens is 743 g/mol. The van der Waals surface area contributed by atoms with Crippen LogP contribution in [0, 0.1) is 0 Å². The van der Waals surface area contributed by atoms with Crippen molar-refractivity contribution in [2.45, 2.75) is 0 Å². The Kier molecular flexibility index (Phi) is 7.62. The van der Waals surface area contributed by atoms with Crippen molar-refractivity contribution in [3.05, 3.63) is 200 Å². The number of fused-ring (bicyclic) bond motifs is 9. The largest absolute Gasteiger partial charge is 0.454 e. The van der Waals surface area contributed by atoms with Crippen molar-refractivity contribution in [1.82, 2.24) is 0 Å². The van der Waals surface area contributed by atoms with Crippen LogP contribution in [0.25, 0.3) is 95.7 Å². The van der Waals surface area contributed by atoms with Crippen molar-refractivity contribution in [3.8, 4) is 33.4 Å². The molecule has 0 aliphatic carbocycles. The van der Waals surface area contributed by atoms with Gasteiger partial charge in [-0.3, -0.25) is 0 Å². The van der Waals surface area contributed by atoms with E-state index in [2.05, 4.69) is 205 Å². The van der Waals surface area contributed by atoms with Crippen molar-refractivity contribution in [1.29, 1.82) is 0 Å². The zero-order chi connectivity index (χ0) is 38.2. The van der Waals surface area contributed by atoms with Gasteiger partial charge in [-0.15, -0.1) is 22.7 Å². The number of benzene rings is 9. The molecule has 3 aromatic heterocycles. The zero-order valence-electron chi connectivity index (χ0n) is 31.2. The Balaban J connectivity index is 1.10. The lowest BCUT2D eigenvalue weighted by Crippen LogP contribution is -2.10. The van der Waals surface area contributed by atoms with Crippen LogP contribution in [0.15, 0.2) is 205 Å². The van der Waals surface area contributed by atoms with Gasteiger partial charge in [-0.2, -0.15) is 0 Å². The summed E-state index contributed by atoms with van der Waals surface area (Å²) in [6, 6.07) is 72.3. The van der Waals surface area contributed by atoms with Crippen LogP contribution in [0.1, 0.15) is 0 Å². The topological polar surface area (TPSA) is 16.4 Å². The molecule has 0 N–H and O–H groups in total. The maximum atomic E-state index is 6.95. The molecule has 0 fully saturated rings. The predicted octanol–water partition coefficient (Wildman–Crippen LogP) is 16.8. The number of rotatable bonds is 6. The number of anilines is 3. The highest BCUT2D eigenvalue weighted by Gasteiger charge is 2.24. The fourth-order valence-electron chi connectivity index (χ4n) is 8.87. The number of hydrogen-bond donors (Lipinski definition) is 0. The van der Waals surface area contributed by atoms with E-state index in [-0.39, 0.29) is 0 Å². The maximum absolute atomic E-state index is 6.95. The van der Waals surface area contributed by atoms with Gasteiger partial charge in [0.1, 0.15) is 5.58 Å². The minimum absolute atomic E-state index is 0.864. The molecule has 0 amide bonds. The molecule has 272 valence electrons. The normalized spacial score (nSPS) is 11.8. The molecule has 0 saturated heterocycles. The van der Waals surface area contributed by atoms with E-state index >= 15 is 0 Å². The van der Waals surface area contributed by atoms with E-state index in [0.29, 0.717) is 0 Å². The molecule has 3 heterocycles. The van der Waals surface area contributed by atoms with Crippen LogP contribution in [-0.2, 0) is 0 Å². The molecule has 0 spiro atoms. The van der Waals surface area contributed by atoms with Gasteiger partial charge in [0.15, 0.2) is 5.58 Å². The summed E-state index contributed by atoms with van der Waals surface area (Å²) in [4.78, 5) is 2.41. The van der Waals surface area contributed by atoms with Gasteiger partial charge in [0.2, 0.25) is 0 Å². The quantitative estimate of drug-likeness (QED) is 0.167. The molecule has 0 aliphatic heterocycles. The Morgan fingerprint density at radius 3 is 1.60 bits per heavy atom. The molecule has 0 atom stereocenters. The van der Waals surface area contributed by atoms with Gasteiger partial charge in [0.25, 0.3) is 0 Å². The summed E-state index contributed by atoms with van der Waals surface area (Å²) in [6.45, 7) is 0. The lowest BCUT2D eigenvalue weighted by Gasteiger charge is -2.26. The summed E-state index contributed by atoms with van der Waals surface area (Å²) in [7, 11) is 0. The van der Waals surface area contributed by atoms with E-state index in [0.717, 1.165) is 39.0 Å². The van der Waals surface area contributed by atoms with Crippen molar-refractivity contribution < 1.29 is 4.42 Å². The van der Waals surface area contributed by atoms with Crippen LogP contribution in [0.2, 0.25) is 0 Å². The van der Waals surface area contributed by atoms with Crippen LogP contribution in [-0.4, -0.2) is 0 Å². The smallest absolute Gasteiger partial charge is 0.159 e. The molecule has 0 bridgehead atoms. The Bertz CT molecular complexity index is 3490. The van der Waals surface area contributed by atoms with Gasteiger partial charge in [0.05, 0.1) is 16.1 Å². The minimum Gasteiger partial charge on any atom is -0.454 e. The molecular formula is C54H33NOS2. The van der Waals surface area contributed by atoms with Crippen LogP contribution in [0.3, 0.4) is 0 Å². The summed E-state index contributed by atoms with van der Waals surface area (Å²) in [5, 5.41) is 7.36. The molecule has 4 heteroatoms. The van der Waals surface area contributed by atoms with E-state index in [9.17, 15) is 0 Å². The molecule has 0 aliphatic rings. The summed E-state index contributed by atoms with van der Waals surface area (Å²) in [6.07, 6.45) is 0. The third kappa shape index (κ3) is 5.16. The second-order valence-electron chi connectivity index (χ2n) is 14.8. The van der Waals surface area contributed by atoms with E-state index in [1.807, 2.05) is 22.7 Å². The molecule has 0 saturated carbocycles. The molecule has 58 heavy (non-hydrogen) atoms. The average Bonchev–Trinajstić information content (AvgIpc) is 4.00. The number of nitrogens with zero attached hydrogens (tertiary/aromatic N) is 1. The van der Waals surface area contributed by atoms with E-state index in [1.165, 1.54) is 73.7 Å². The molecule has 12 rings (SSSR count). The van der Waals surface area contributed by atoms with Crippen molar-refractivity contribution in [2.24, 2.45) is 0 Å². The number of hydrogen-bond acceptors (Lipinski definition) is 4. The van der Waals surface area contributed by atoms with E-state index < -0.39 is 0 Å². The maximum Gasteiger partial charge on any atom is 0.159 e. The molecule has 9 aromatic carbocycles. The predicted molar refractivity (Wildman–Crippen MR) is 250 cm³/mol. The monoisotopic (exact) mass is 775 g/mol. The molecule has 12 aromatic rings. The van der Waals surface area contributed by atoms with Gasteiger partial charge >= 0.3 is 0 Å². The first-order valence-corrected chi connectivity index (χ1v) is 21.2. The molecule has 0 unspecified atom stereocenters. The lowest BCUT2D eigenvalue weighted by atomic mass is 9.99. The van der Waals surface area contributed by atoms with Crippen molar-refractivity contribution in [3.63, 3.8) is 0 Å². The van der Waals surface area contributed by atoms with Gasteiger partial charge in [-0.05, 0) is 69.8 Å². The van der Waals surface area contributed by atoms with Crippen molar-refractivity contribution in [2.75, 3.05) is 4.90 Å². The Morgan fingerprint density at radius 1 is 0.345 bits per heavy atom. The second kappa shape index (κ2) is 13.3. The van der Waals surface area contributed by atoms with Crippen LogP contribution < -0.4 is 4.90 Å². The van der Waals surface area contributed by atoms with E-state index in [4.69, 9.17) is 4.42 Å². The Morgan fingerprint density at radius 2 is 0.862 bits per heavy atom. The van der Waals surface area contributed by atoms with Gasteiger partial charge in [0, 0.05) is 52.1 Å². The average molecular weight is 776 g/mol. The Hall–Kier alpha value is -6.98. The van der Waals surface area contributed by atoms with Crippen LogP contribution in [0.5, 0.6) is 0 Å². The second-order valence-corrected chi connectivity index (χ2v) is 16.8. The van der Waals surface area contributed by atoms with Crippen LogP contribution >= 0.6 is 22.7 Å². The molecule has 0 radical (unpaired) electrons. The van der Waals surface area contributed by atoms with Gasteiger partial charge in [-0.1, -0.05) is 164 Å².